The fourth-order valence-electron chi connectivity index (χ4n) is 1.90. The number of unbranched alkanes of at least 4 members (excludes halogenated alkanes) is 4. The number of rotatable bonds is 10. The van der Waals surface area contributed by atoms with Crippen molar-refractivity contribution in [1.82, 2.24) is 15.0 Å². The standard InChI is InChI=1S/C13H25N3S/c1-3-4-5-7-10-16-13(12-14-15-16)9-6-8-11-17-2/h12H,3-11H2,1-2H3. The summed E-state index contributed by atoms with van der Waals surface area (Å²) in [6.45, 7) is 3.28. The SMILES string of the molecule is CCCCCCn1nncc1CCCCSC. The van der Waals surface area contributed by atoms with E-state index in [0.717, 1.165) is 13.0 Å². The summed E-state index contributed by atoms with van der Waals surface area (Å²) in [6, 6.07) is 0. The number of hydrogen-bond donors (Lipinski definition) is 0. The third kappa shape index (κ3) is 6.10. The summed E-state index contributed by atoms with van der Waals surface area (Å²) >= 11 is 1.92. The van der Waals surface area contributed by atoms with E-state index in [2.05, 4.69) is 28.2 Å². The second kappa shape index (κ2) is 9.51. The minimum atomic E-state index is 1.04. The molecule has 0 fully saturated rings. The van der Waals surface area contributed by atoms with Crippen molar-refractivity contribution in [3.63, 3.8) is 0 Å². The topological polar surface area (TPSA) is 30.7 Å². The predicted molar refractivity (Wildman–Crippen MR) is 75.5 cm³/mol. The zero-order chi connectivity index (χ0) is 12.3. The van der Waals surface area contributed by atoms with Gasteiger partial charge in [-0.3, -0.25) is 0 Å². The summed E-state index contributed by atoms with van der Waals surface area (Å²) in [5.74, 6) is 1.26. The Labute approximate surface area is 109 Å². The Bertz CT molecular complexity index is 259. The minimum absolute atomic E-state index is 1.04. The molecular weight excluding hydrogens is 230 g/mol. The highest BCUT2D eigenvalue weighted by Gasteiger charge is 2.03. The molecule has 1 aromatic heterocycles. The summed E-state index contributed by atoms with van der Waals surface area (Å²) < 4.78 is 2.09. The maximum Gasteiger partial charge on any atom is 0.0725 e. The molecule has 4 heteroatoms. The van der Waals surface area contributed by atoms with Gasteiger partial charge in [0.15, 0.2) is 0 Å². The van der Waals surface area contributed by atoms with Crippen LogP contribution in [0.25, 0.3) is 0 Å². The van der Waals surface area contributed by atoms with Crippen LogP contribution in [0.4, 0.5) is 0 Å². The normalized spacial score (nSPS) is 10.9. The summed E-state index contributed by atoms with van der Waals surface area (Å²) in [5, 5.41) is 8.20. The first-order valence-corrected chi connectivity index (χ1v) is 8.14. The van der Waals surface area contributed by atoms with Crippen molar-refractivity contribution in [2.45, 2.75) is 58.4 Å². The smallest absolute Gasteiger partial charge is 0.0725 e. The lowest BCUT2D eigenvalue weighted by molar-refractivity contribution is 0.508. The molecule has 1 rings (SSSR count). The van der Waals surface area contributed by atoms with Gasteiger partial charge in [0.05, 0.1) is 11.9 Å². The van der Waals surface area contributed by atoms with E-state index in [-0.39, 0.29) is 0 Å². The van der Waals surface area contributed by atoms with Gasteiger partial charge in [0, 0.05) is 6.54 Å². The van der Waals surface area contributed by atoms with E-state index in [1.165, 1.54) is 50.0 Å². The summed E-state index contributed by atoms with van der Waals surface area (Å²) in [7, 11) is 0. The Hall–Kier alpha value is -0.510. The van der Waals surface area contributed by atoms with Crippen LogP contribution in [0.15, 0.2) is 6.20 Å². The zero-order valence-electron chi connectivity index (χ0n) is 11.2. The Kier molecular flexibility index (Phi) is 8.14. The fraction of sp³-hybridized carbons (Fsp3) is 0.846. The molecule has 0 saturated carbocycles. The molecule has 3 nitrogen and oxygen atoms in total. The van der Waals surface area contributed by atoms with E-state index in [0.29, 0.717) is 0 Å². The third-order valence-electron chi connectivity index (χ3n) is 2.95. The number of nitrogens with zero attached hydrogens (tertiary/aromatic N) is 3. The average Bonchev–Trinajstić information content (AvgIpc) is 2.78. The fourth-order valence-corrected chi connectivity index (χ4v) is 2.39. The molecule has 0 N–H and O–H groups in total. The average molecular weight is 255 g/mol. The van der Waals surface area contributed by atoms with Gasteiger partial charge in [0.2, 0.25) is 0 Å². The molecular formula is C13H25N3S. The molecule has 0 radical (unpaired) electrons. The number of hydrogen-bond acceptors (Lipinski definition) is 3. The van der Waals surface area contributed by atoms with Gasteiger partial charge >= 0.3 is 0 Å². The van der Waals surface area contributed by atoms with Crippen LogP contribution in [0.1, 0.15) is 51.1 Å². The molecule has 98 valence electrons. The van der Waals surface area contributed by atoms with E-state index in [9.17, 15) is 0 Å². The first kappa shape index (κ1) is 14.6. The van der Waals surface area contributed by atoms with Gasteiger partial charge in [0.25, 0.3) is 0 Å². The number of aryl methyl sites for hydroxylation is 2. The van der Waals surface area contributed by atoms with Crippen LogP contribution >= 0.6 is 11.8 Å². The first-order valence-electron chi connectivity index (χ1n) is 6.74. The van der Waals surface area contributed by atoms with Crippen molar-refractivity contribution >= 4 is 11.8 Å². The Morgan fingerprint density at radius 2 is 2.06 bits per heavy atom. The molecule has 0 saturated heterocycles. The second-order valence-electron chi connectivity index (χ2n) is 4.46. The molecule has 1 heterocycles. The highest BCUT2D eigenvalue weighted by Crippen LogP contribution is 2.08. The summed E-state index contributed by atoms with van der Waals surface area (Å²) in [4.78, 5) is 0. The molecule has 0 bridgehead atoms. The molecule has 1 aromatic rings. The molecule has 0 amide bonds. The molecule has 17 heavy (non-hydrogen) atoms. The molecule has 0 aromatic carbocycles. The predicted octanol–water partition coefficient (Wildman–Crippen LogP) is 3.54. The molecule has 0 aliphatic carbocycles. The molecule has 0 atom stereocenters. The molecule has 0 unspecified atom stereocenters. The summed E-state index contributed by atoms with van der Waals surface area (Å²) in [5.41, 5.74) is 1.31. The van der Waals surface area contributed by atoms with Crippen molar-refractivity contribution in [3.05, 3.63) is 11.9 Å². The summed E-state index contributed by atoms with van der Waals surface area (Å²) in [6.07, 6.45) is 12.9. The van der Waals surface area contributed by atoms with Crippen LogP contribution in [-0.4, -0.2) is 27.0 Å². The number of aromatic nitrogens is 3. The van der Waals surface area contributed by atoms with Crippen molar-refractivity contribution in [2.24, 2.45) is 0 Å². The van der Waals surface area contributed by atoms with Crippen LogP contribution in [0, 0.1) is 0 Å². The second-order valence-corrected chi connectivity index (χ2v) is 5.44. The lowest BCUT2D eigenvalue weighted by atomic mass is 10.2. The first-order chi connectivity index (χ1) is 8.38. The van der Waals surface area contributed by atoms with E-state index < -0.39 is 0 Å². The Morgan fingerprint density at radius 3 is 2.82 bits per heavy atom. The highest BCUT2D eigenvalue weighted by molar-refractivity contribution is 7.98. The monoisotopic (exact) mass is 255 g/mol. The van der Waals surface area contributed by atoms with Gasteiger partial charge < -0.3 is 0 Å². The lowest BCUT2D eigenvalue weighted by Gasteiger charge is -2.05. The van der Waals surface area contributed by atoms with Gasteiger partial charge in [0.1, 0.15) is 0 Å². The van der Waals surface area contributed by atoms with Crippen molar-refractivity contribution in [2.75, 3.05) is 12.0 Å². The van der Waals surface area contributed by atoms with Gasteiger partial charge in [-0.2, -0.15) is 11.8 Å². The minimum Gasteiger partial charge on any atom is -0.249 e. The van der Waals surface area contributed by atoms with Crippen molar-refractivity contribution in [1.29, 1.82) is 0 Å². The largest absolute Gasteiger partial charge is 0.249 e. The number of thioether (sulfide) groups is 1. The van der Waals surface area contributed by atoms with E-state index in [1.54, 1.807) is 0 Å². The van der Waals surface area contributed by atoms with Crippen LogP contribution in [-0.2, 0) is 13.0 Å². The molecule has 0 aliphatic heterocycles. The maximum absolute atomic E-state index is 4.17. The Morgan fingerprint density at radius 1 is 1.18 bits per heavy atom. The van der Waals surface area contributed by atoms with Gasteiger partial charge in [-0.25, -0.2) is 4.68 Å². The highest BCUT2D eigenvalue weighted by atomic mass is 32.2. The van der Waals surface area contributed by atoms with E-state index in [4.69, 9.17) is 0 Å². The lowest BCUT2D eigenvalue weighted by Crippen LogP contribution is -2.05. The van der Waals surface area contributed by atoms with Crippen molar-refractivity contribution in [3.8, 4) is 0 Å². The van der Waals surface area contributed by atoms with Crippen molar-refractivity contribution < 1.29 is 0 Å². The van der Waals surface area contributed by atoms with Crippen LogP contribution in [0.2, 0.25) is 0 Å². The Balaban J connectivity index is 2.22. The quantitative estimate of drug-likeness (QED) is 0.599. The van der Waals surface area contributed by atoms with E-state index >= 15 is 0 Å². The van der Waals surface area contributed by atoms with E-state index in [1.807, 2.05) is 18.0 Å². The third-order valence-corrected chi connectivity index (χ3v) is 3.65. The van der Waals surface area contributed by atoms with Gasteiger partial charge in [-0.05, 0) is 37.7 Å². The van der Waals surface area contributed by atoms with Gasteiger partial charge in [-0.15, -0.1) is 5.10 Å². The molecule has 0 aliphatic rings. The maximum atomic E-state index is 4.17. The van der Waals surface area contributed by atoms with Crippen LogP contribution < -0.4 is 0 Å². The van der Waals surface area contributed by atoms with Gasteiger partial charge in [-0.1, -0.05) is 31.4 Å². The zero-order valence-corrected chi connectivity index (χ0v) is 12.0. The van der Waals surface area contributed by atoms with Crippen LogP contribution in [0.3, 0.4) is 0 Å². The van der Waals surface area contributed by atoms with Crippen LogP contribution in [0.5, 0.6) is 0 Å². The molecule has 0 spiro atoms.